The molecule has 0 atom stereocenters. The predicted molar refractivity (Wildman–Crippen MR) is 107 cm³/mol. The molecule has 3 heterocycles. The molecule has 1 fully saturated rings. The SMILES string of the molecule is O=C(NCc1cccnc1-c1ccncc1)C1(c2ccccc2)CCOCC1. The van der Waals surface area contributed by atoms with Crippen molar-refractivity contribution in [3.63, 3.8) is 0 Å². The van der Waals surface area contributed by atoms with Gasteiger partial charge in [0, 0.05) is 43.9 Å². The van der Waals surface area contributed by atoms with E-state index in [9.17, 15) is 4.79 Å². The number of nitrogens with zero attached hydrogens (tertiary/aromatic N) is 2. The second-order valence-electron chi connectivity index (χ2n) is 6.99. The number of amides is 1. The molecule has 1 aromatic carbocycles. The molecule has 28 heavy (non-hydrogen) atoms. The average molecular weight is 373 g/mol. The quantitative estimate of drug-likeness (QED) is 0.743. The van der Waals surface area contributed by atoms with Gasteiger partial charge < -0.3 is 10.1 Å². The van der Waals surface area contributed by atoms with Gasteiger partial charge in [0.25, 0.3) is 0 Å². The molecule has 5 nitrogen and oxygen atoms in total. The summed E-state index contributed by atoms with van der Waals surface area (Å²) in [6.07, 6.45) is 6.64. The monoisotopic (exact) mass is 373 g/mol. The smallest absolute Gasteiger partial charge is 0.231 e. The number of hydrogen-bond donors (Lipinski definition) is 1. The number of pyridine rings is 2. The molecule has 3 aromatic rings. The van der Waals surface area contributed by atoms with Crippen LogP contribution < -0.4 is 5.32 Å². The molecule has 0 radical (unpaired) electrons. The van der Waals surface area contributed by atoms with Gasteiger partial charge in [-0.1, -0.05) is 36.4 Å². The van der Waals surface area contributed by atoms with Crippen LogP contribution in [0.2, 0.25) is 0 Å². The Kier molecular flexibility index (Phi) is 5.44. The van der Waals surface area contributed by atoms with Gasteiger partial charge in [0.1, 0.15) is 0 Å². The lowest BCUT2D eigenvalue weighted by Gasteiger charge is -2.36. The van der Waals surface area contributed by atoms with Crippen molar-refractivity contribution in [2.24, 2.45) is 0 Å². The number of benzene rings is 1. The highest BCUT2D eigenvalue weighted by Gasteiger charge is 2.41. The zero-order valence-corrected chi connectivity index (χ0v) is 15.7. The number of rotatable bonds is 5. The highest BCUT2D eigenvalue weighted by atomic mass is 16.5. The molecule has 0 spiro atoms. The third kappa shape index (κ3) is 3.66. The Hall–Kier alpha value is -3.05. The van der Waals surface area contributed by atoms with Crippen LogP contribution in [0.25, 0.3) is 11.3 Å². The van der Waals surface area contributed by atoms with E-state index in [1.165, 1.54) is 0 Å². The summed E-state index contributed by atoms with van der Waals surface area (Å²) in [5, 5.41) is 3.17. The van der Waals surface area contributed by atoms with E-state index in [0.717, 1.165) is 22.4 Å². The van der Waals surface area contributed by atoms with E-state index in [1.807, 2.05) is 54.6 Å². The van der Waals surface area contributed by atoms with E-state index in [1.54, 1.807) is 18.6 Å². The molecule has 142 valence electrons. The lowest BCUT2D eigenvalue weighted by atomic mass is 9.73. The van der Waals surface area contributed by atoms with Crippen LogP contribution in [0.1, 0.15) is 24.0 Å². The van der Waals surface area contributed by atoms with Crippen LogP contribution in [0.4, 0.5) is 0 Å². The Balaban J connectivity index is 1.57. The number of nitrogens with one attached hydrogen (secondary N) is 1. The number of carbonyl (C=O) groups is 1. The van der Waals surface area contributed by atoms with E-state index in [-0.39, 0.29) is 5.91 Å². The van der Waals surface area contributed by atoms with E-state index >= 15 is 0 Å². The van der Waals surface area contributed by atoms with Crippen LogP contribution in [0.15, 0.2) is 73.2 Å². The molecule has 1 aliphatic rings. The van der Waals surface area contributed by atoms with Crippen molar-refractivity contribution in [2.75, 3.05) is 13.2 Å². The van der Waals surface area contributed by atoms with Crippen molar-refractivity contribution in [1.82, 2.24) is 15.3 Å². The Morgan fingerprint density at radius 1 is 0.964 bits per heavy atom. The first-order valence-corrected chi connectivity index (χ1v) is 9.55. The third-order valence-electron chi connectivity index (χ3n) is 5.39. The van der Waals surface area contributed by atoms with Gasteiger partial charge in [-0.3, -0.25) is 14.8 Å². The second kappa shape index (κ2) is 8.31. The van der Waals surface area contributed by atoms with Gasteiger partial charge in [0.2, 0.25) is 5.91 Å². The lowest BCUT2D eigenvalue weighted by Crippen LogP contribution is -2.47. The predicted octanol–water partition coefficient (Wildman–Crippen LogP) is 3.51. The minimum absolute atomic E-state index is 0.0477. The Labute approximate surface area is 164 Å². The maximum Gasteiger partial charge on any atom is 0.231 e. The van der Waals surface area contributed by atoms with Crippen LogP contribution in [0, 0.1) is 0 Å². The molecule has 1 N–H and O–H groups in total. The van der Waals surface area contributed by atoms with E-state index in [4.69, 9.17) is 4.74 Å². The van der Waals surface area contributed by atoms with Crippen molar-refractivity contribution >= 4 is 5.91 Å². The van der Waals surface area contributed by atoms with Crippen molar-refractivity contribution < 1.29 is 9.53 Å². The topological polar surface area (TPSA) is 64.1 Å². The normalized spacial score (nSPS) is 15.7. The van der Waals surface area contributed by atoms with E-state index in [0.29, 0.717) is 32.6 Å². The fourth-order valence-electron chi connectivity index (χ4n) is 3.82. The first-order chi connectivity index (χ1) is 13.8. The first kappa shape index (κ1) is 18.3. The summed E-state index contributed by atoms with van der Waals surface area (Å²) in [7, 11) is 0. The Bertz CT molecular complexity index is 923. The van der Waals surface area contributed by atoms with E-state index in [2.05, 4.69) is 15.3 Å². The summed E-state index contributed by atoms with van der Waals surface area (Å²) in [6.45, 7) is 1.62. The average Bonchev–Trinajstić information content (AvgIpc) is 2.79. The van der Waals surface area contributed by atoms with Crippen LogP contribution in [-0.4, -0.2) is 29.1 Å². The minimum atomic E-state index is -0.543. The van der Waals surface area contributed by atoms with Gasteiger partial charge in [-0.25, -0.2) is 0 Å². The van der Waals surface area contributed by atoms with Crippen molar-refractivity contribution in [2.45, 2.75) is 24.8 Å². The van der Waals surface area contributed by atoms with Crippen molar-refractivity contribution in [3.8, 4) is 11.3 Å². The maximum absolute atomic E-state index is 13.3. The summed E-state index contributed by atoms with van der Waals surface area (Å²) in [5.74, 6) is 0.0477. The van der Waals surface area contributed by atoms with E-state index < -0.39 is 5.41 Å². The molecule has 4 rings (SSSR count). The Morgan fingerprint density at radius 2 is 1.71 bits per heavy atom. The fourth-order valence-corrected chi connectivity index (χ4v) is 3.82. The molecule has 1 aliphatic heterocycles. The van der Waals surface area contributed by atoms with Crippen molar-refractivity contribution in [3.05, 3.63) is 84.3 Å². The molecule has 2 aromatic heterocycles. The Morgan fingerprint density at radius 3 is 2.46 bits per heavy atom. The number of aromatic nitrogens is 2. The summed E-state index contributed by atoms with van der Waals surface area (Å²) < 4.78 is 5.54. The summed E-state index contributed by atoms with van der Waals surface area (Å²) in [6, 6.07) is 17.8. The van der Waals surface area contributed by atoms with Crippen LogP contribution in [0.5, 0.6) is 0 Å². The standard InChI is InChI=1S/C23H23N3O2/c27-22(23(10-15-28-16-11-23)20-6-2-1-3-7-20)26-17-19-5-4-12-25-21(19)18-8-13-24-14-9-18/h1-9,12-14H,10-11,15-17H2,(H,26,27). The van der Waals surface area contributed by atoms with Crippen LogP contribution in [0.3, 0.4) is 0 Å². The fraction of sp³-hybridized carbons (Fsp3) is 0.261. The van der Waals surface area contributed by atoms with Gasteiger partial charge in [0.05, 0.1) is 11.1 Å². The largest absolute Gasteiger partial charge is 0.381 e. The second-order valence-corrected chi connectivity index (χ2v) is 6.99. The first-order valence-electron chi connectivity index (χ1n) is 9.55. The highest BCUT2D eigenvalue weighted by Crippen LogP contribution is 2.35. The zero-order valence-electron chi connectivity index (χ0n) is 15.7. The number of carbonyl (C=O) groups excluding carboxylic acids is 1. The third-order valence-corrected chi connectivity index (χ3v) is 5.39. The van der Waals surface area contributed by atoms with Crippen LogP contribution in [-0.2, 0) is 21.5 Å². The molecule has 0 bridgehead atoms. The molecule has 0 unspecified atom stereocenters. The summed E-state index contributed by atoms with van der Waals surface area (Å²) in [5.41, 5.74) is 3.35. The van der Waals surface area contributed by atoms with Crippen molar-refractivity contribution in [1.29, 1.82) is 0 Å². The molecule has 0 aliphatic carbocycles. The zero-order chi connectivity index (χ0) is 19.2. The number of ether oxygens (including phenoxy) is 1. The van der Waals surface area contributed by atoms with Gasteiger partial charge >= 0.3 is 0 Å². The molecule has 0 saturated carbocycles. The number of hydrogen-bond acceptors (Lipinski definition) is 4. The molecular weight excluding hydrogens is 350 g/mol. The van der Waals surface area contributed by atoms with Gasteiger partial charge in [0.15, 0.2) is 0 Å². The minimum Gasteiger partial charge on any atom is -0.381 e. The highest BCUT2D eigenvalue weighted by molar-refractivity contribution is 5.88. The molecular formula is C23H23N3O2. The lowest BCUT2D eigenvalue weighted by molar-refractivity contribution is -0.130. The molecule has 1 saturated heterocycles. The molecule has 1 amide bonds. The maximum atomic E-state index is 13.3. The van der Waals surface area contributed by atoms with Gasteiger partial charge in [-0.15, -0.1) is 0 Å². The summed E-state index contributed by atoms with van der Waals surface area (Å²) in [4.78, 5) is 21.9. The van der Waals surface area contributed by atoms with Gasteiger partial charge in [-0.05, 0) is 42.2 Å². The summed E-state index contributed by atoms with van der Waals surface area (Å²) >= 11 is 0. The van der Waals surface area contributed by atoms with Crippen LogP contribution >= 0.6 is 0 Å². The molecule has 5 heteroatoms. The van der Waals surface area contributed by atoms with Gasteiger partial charge in [-0.2, -0.15) is 0 Å².